The molecule has 0 aliphatic carbocycles. The SMILES string of the molecule is CCCCN(CC)CCCOc1cccc(N)c1. The number of ether oxygens (including phenoxy) is 1. The fraction of sp³-hybridized carbons (Fsp3) is 0.600. The van der Waals surface area contributed by atoms with Crippen LogP contribution in [0.3, 0.4) is 0 Å². The van der Waals surface area contributed by atoms with Crippen molar-refractivity contribution >= 4 is 5.69 Å². The van der Waals surface area contributed by atoms with Crippen LogP contribution in [0.5, 0.6) is 5.75 Å². The quantitative estimate of drug-likeness (QED) is 0.540. The van der Waals surface area contributed by atoms with Gasteiger partial charge in [-0.15, -0.1) is 0 Å². The minimum Gasteiger partial charge on any atom is -0.493 e. The number of rotatable bonds is 9. The summed E-state index contributed by atoms with van der Waals surface area (Å²) < 4.78 is 5.68. The molecule has 0 aliphatic heterocycles. The lowest BCUT2D eigenvalue weighted by molar-refractivity contribution is 0.239. The fourth-order valence-corrected chi connectivity index (χ4v) is 1.89. The number of unbranched alkanes of at least 4 members (excludes halogenated alkanes) is 1. The summed E-state index contributed by atoms with van der Waals surface area (Å²) in [5.74, 6) is 0.867. The molecule has 3 nitrogen and oxygen atoms in total. The van der Waals surface area contributed by atoms with Gasteiger partial charge in [0.05, 0.1) is 6.61 Å². The van der Waals surface area contributed by atoms with E-state index in [1.807, 2.05) is 24.3 Å². The van der Waals surface area contributed by atoms with Crippen LogP contribution in [0.2, 0.25) is 0 Å². The molecule has 0 amide bonds. The average molecular weight is 250 g/mol. The van der Waals surface area contributed by atoms with Crippen LogP contribution >= 0.6 is 0 Å². The average Bonchev–Trinajstić information content (AvgIpc) is 2.38. The molecule has 18 heavy (non-hydrogen) atoms. The van der Waals surface area contributed by atoms with Crippen LogP contribution < -0.4 is 10.5 Å². The van der Waals surface area contributed by atoms with E-state index in [9.17, 15) is 0 Å². The Labute approximate surface area is 111 Å². The molecule has 0 radical (unpaired) electrons. The molecule has 1 aromatic carbocycles. The third-order valence-electron chi connectivity index (χ3n) is 3.02. The molecule has 1 rings (SSSR count). The Morgan fingerprint density at radius 3 is 2.61 bits per heavy atom. The highest BCUT2D eigenvalue weighted by Crippen LogP contribution is 2.14. The fourth-order valence-electron chi connectivity index (χ4n) is 1.89. The van der Waals surface area contributed by atoms with Crippen molar-refractivity contribution in [3.63, 3.8) is 0 Å². The monoisotopic (exact) mass is 250 g/mol. The number of nitrogen functional groups attached to an aromatic ring is 1. The molecule has 2 N–H and O–H groups in total. The normalized spacial score (nSPS) is 10.8. The van der Waals surface area contributed by atoms with Gasteiger partial charge in [-0.2, -0.15) is 0 Å². The van der Waals surface area contributed by atoms with Crippen molar-refractivity contribution < 1.29 is 4.74 Å². The van der Waals surface area contributed by atoms with Crippen molar-refractivity contribution in [3.8, 4) is 5.75 Å². The topological polar surface area (TPSA) is 38.5 Å². The Morgan fingerprint density at radius 2 is 1.94 bits per heavy atom. The molecule has 102 valence electrons. The molecule has 3 heteroatoms. The summed E-state index contributed by atoms with van der Waals surface area (Å²) in [6, 6.07) is 7.61. The second kappa shape index (κ2) is 8.81. The Morgan fingerprint density at radius 1 is 1.17 bits per heavy atom. The number of nitrogens with two attached hydrogens (primary N) is 1. The van der Waals surface area contributed by atoms with Gasteiger partial charge >= 0.3 is 0 Å². The second-order valence-corrected chi connectivity index (χ2v) is 4.56. The first-order valence-electron chi connectivity index (χ1n) is 6.97. The Hall–Kier alpha value is -1.22. The summed E-state index contributed by atoms with van der Waals surface area (Å²) in [6.45, 7) is 8.64. The number of hydrogen-bond acceptors (Lipinski definition) is 3. The van der Waals surface area contributed by atoms with Gasteiger partial charge in [-0.05, 0) is 38.1 Å². The van der Waals surface area contributed by atoms with Crippen LogP contribution in [-0.4, -0.2) is 31.1 Å². The maximum absolute atomic E-state index is 5.70. The third-order valence-corrected chi connectivity index (χ3v) is 3.02. The summed E-state index contributed by atoms with van der Waals surface area (Å²) in [5, 5.41) is 0. The van der Waals surface area contributed by atoms with E-state index in [0.717, 1.165) is 37.6 Å². The minimum atomic E-state index is 0.755. The van der Waals surface area contributed by atoms with Gasteiger partial charge in [0.2, 0.25) is 0 Å². The smallest absolute Gasteiger partial charge is 0.121 e. The number of benzene rings is 1. The summed E-state index contributed by atoms with van der Waals surface area (Å²) in [7, 11) is 0. The lowest BCUT2D eigenvalue weighted by atomic mass is 10.3. The Balaban J connectivity index is 2.17. The Kier molecular flexibility index (Phi) is 7.26. The Bertz CT molecular complexity index is 328. The van der Waals surface area contributed by atoms with Crippen LogP contribution in [-0.2, 0) is 0 Å². The third kappa shape index (κ3) is 5.92. The zero-order valence-corrected chi connectivity index (χ0v) is 11.7. The zero-order chi connectivity index (χ0) is 13.2. The summed E-state index contributed by atoms with van der Waals surface area (Å²) in [6.07, 6.45) is 3.60. The van der Waals surface area contributed by atoms with E-state index >= 15 is 0 Å². The van der Waals surface area contributed by atoms with Crippen molar-refractivity contribution in [2.75, 3.05) is 32.0 Å². The van der Waals surface area contributed by atoms with Crippen LogP contribution in [0.25, 0.3) is 0 Å². The molecule has 0 unspecified atom stereocenters. The molecule has 0 aromatic heterocycles. The summed E-state index contributed by atoms with van der Waals surface area (Å²) >= 11 is 0. The first-order chi connectivity index (χ1) is 8.76. The van der Waals surface area contributed by atoms with Gasteiger partial charge in [0.25, 0.3) is 0 Å². The highest BCUT2D eigenvalue weighted by molar-refractivity contribution is 5.43. The minimum absolute atomic E-state index is 0.755. The van der Waals surface area contributed by atoms with Crippen molar-refractivity contribution in [2.24, 2.45) is 0 Å². The van der Waals surface area contributed by atoms with E-state index < -0.39 is 0 Å². The molecular formula is C15H26N2O. The van der Waals surface area contributed by atoms with Gasteiger partial charge < -0.3 is 15.4 Å². The van der Waals surface area contributed by atoms with Gasteiger partial charge in [0, 0.05) is 18.3 Å². The zero-order valence-electron chi connectivity index (χ0n) is 11.7. The molecular weight excluding hydrogens is 224 g/mol. The van der Waals surface area contributed by atoms with Crippen LogP contribution in [0.15, 0.2) is 24.3 Å². The maximum atomic E-state index is 5.70. The van der Waals surface area contributed by atoms with Crippen LogP contribution in [0.1, 0.15) is 33.1 Å². The van der Waals surface area contributed by atoms with Crippen LogP contribution in [0.4, 0.5) is 5.69 Å². The van der Waals surface area contributed by atoms with Gasteiger partial charge in [-0.25, -0.2) is 0 Å². The van der Waals surface area contributed by atoms with Crippen molar-refractivity contribution in [1.29, 1.82) is 0 Å². The summed E-state index contributed by atoms with van der Waals surface area (Å²) in [5.41, 5.74) is 6.45. The number of hydrogen-bond donors (Lipinski definition) is 1. The highest BCUT2D eigenvalue weighted by Gasteiger charge is 2.01. The van der Waals surface area contributed by atoms with Gasteiger partial charge in [-0.3, -0.25) is 0 Å². The predicted octanol–water partition coefficient (Wildman–Crippen LogP) is 3.16. The van der Waals surface area contributed by atoms with E-state index in [1.54, 1.807) is 0 Å². The molecule has 0 saturated heterocycles. The second-order valence-electron chi connectivity index (χ2n) is 4.56. The van der Waals surface area contributed by atoms with E-state index in [4.69, 9.17) is 10.5 Å². The van der Waals surface area contributed by atoms with Crippen molar-refractivity contribution in [1.82, 2.24) is 4.90 Å². The lowest BCUT2D eigenvalue weighted by Gasteiger charge is -2.19. The van der Waals surface area contributed by atoms with Crippen molar-refractivity contribution in [2.45, 2.75) is 33.1 Å². The van der Waals surface area contributed by atoms with Crippen molar-refractivity contribution in [3.05, 3.63) is 24.3 Å². The van der Waals surface area contributed by atoms with E-state index in [-0.39, 0.29) is 0 Å². The molecule has 1 aromatic rings. The van der Waals surface area contributed by atoms with Gasteiger partial charge in [0.1, 0.15) is 5.75 Å². The number of nitrogens with zero attached hydrogens (tertiary/aromatic N) is 1. The van der Waals surface area contributed by atoms with E-state index in [1.165, 1.54) is 19.4 Å². The molecule has 0 aliphatic rings. The molecule has 0 fully saturated rings. The van der Waals surface area contributed by atoms with Crippen LogP contribution in [0, 0.1) is 0 Å². The predicted molar refractivity (Wildman–Crippen MR) is 78.0 cm³/mol. The molecule has 0 bridgehead atoms. The van der Waals surface area contributed by atoms with Gasteiger partial charge in [0.15, 0.2) is 0 Å². The first kappa shape index (κ1) is 14.8. The number of anilines is 1. The van der Waals surface area contributed by atoms with Gasteiger partial charge in [-0.1, -0.05) is 26.3 Å². The summed E-state index contributed by atoms with van der Waals surface area (Å²) in [4.78, 5) is 2.48. The van der Waals surface area contributed by atoms with E-state index in [2.05, 4.69) is 18.7 Å². The molecule has 0 heterocycles. The maximum Gasteiger partial charge on any atom is 0.121 e. The largest absolute Gasteiger partial charge is 0.493 e. The lowest BCUT2D eigenvalue weighted by Crippen LogP contribution is -2.26. The molecule has 0 atom stereocenters. The van der Waals surface area contributed by atoms with E-state index in [0.29, 0.717) is 0 Å². The highest BCUT2D eigenvalue weighted by atomic mass is 16.5. The first-order valence-corrected chi connectivity index (χ1v) is 6.97. The standard InChI is InChI=1S/C15H26N2O/c1-3-5-10-17(4-2)11-7-12-18-15-9-6-8-14(16)13-15/h6,8-9,13H,3-5,7,10-12,16H2,1-2H3. The molecule has 0 spiro atoms. The molecule has 0 saturated carbocycles.